The molecule has 0 bridgehead atoms. The summed E-state index contributed by atoms with van der Waals surface area (Å²) in [5, 5.41) is 0.609. The van der Waals surface area contributed by atoms with Crippen molar-refractivity contribution in [2.75, 3.05) is 11.9 Å². The first kappa shape index (κ1) is 8.53. The predicted octanol–water partition coefficient (Wildman–Crippen LogP) is 1.32. The topological polar surface area (TPSA) is 46.3 Å². The monoisotopic (exact) mass is 196 g/mol. The van der Waals surface area contributed by atoms with E-state index in [-0.39, 0.29) is 5.91 Å². The molecule has 3 nitrogen and oxygen atoms in total. The summed E-state index contributed by atoms with van der Waals surface area (Å²) in [7, 11) is 1.71. The lowest BCUT2D eigenvalue weighted by molar-refractivity contribution is -0.118. The maximum atomic E-state index is 11.4. The van der Waals surface area contributed by atoms with Crippen molar-refractivity contribution >= 4 is 23.2 Å². The molecule has 13 heavy (non-hydrogen) atoms. The molecule has 0 spiro atoms. The van der Waals surface area contributed by atoms with E-state index in [2.05, 4.69) is 0 Å². The van der Waals surface area contributed by atoms with Crippen molar-refractivity contribution in [3.63, 3.8) is 0 Å². The Morgan fingerprint density at radius 1 is 1.54 bits per heavy atom. The van der Waals surface area contributed by atoms with E-state index in [9.17, 15) is 4.79 Å². The molecule has 1 aliphatic rings. The minimum absolute atomic E-state index is 0.0859. The number of carbonyl (C=O) groups is 1. The Morgan fingerprint density at radius 2 is 2.23 bits per heavy atom. The van der Waals surface area contributed by atoms with E-state index in [4.69, 9.17) is 17.3 Å². The van der Waals surface area contributed by atoms with Gasteiger partial charge >= 0.3 is 0 Å². The molecule has 1 aliphatic heterocycles. The van der Waals surface area contributed by atoms with E-state index in [1.54, 1.807) is 24.1 Å². The second-order valence-electron chi connectivity index (χ2n) is 3.08. The molecule has 1 aromatic carbocycles. The summed E-state index contributed by atoms with van der Waals surface area (Å²) in [5.74, 6) is -0.0859. The third kappa shape index (κ3) is 1.12. The smallest absolute Gasteiger partial charge is 0.248 e. The predicted molar refractivity (Wildman–Crippen MR) is 51.8 cm³/mol. The van der Waals surface area contributed by atoms with Crippen molar-refractivity contribution in [3.8, 4) is 0 Å². The molecule has 0 saturated heterocycles. The molecule has 0 saturated carbocycles. The van der Waals surface area contributed by atoms with Crippen LogP contribution in [0.1, 0.15) is 11.6 Å². The minimum atomic E-state index is -0.557. The molecule has 4 heteroatoms. The van der Waals surface area contributed by atoms with E-state index < -0.39 is 6.04 Å². The van der Waals surface area contributed by atoms with Crippen LogP contribution in [0.4, 0.5) is 5.69 Å². The number of fused-ring (bicyclic) bond motifs is 1. The maximum absolute atomic E-state index is 11.4. The van der Waals surface area contributed by atoms with E-state index in [1.165, 1.54) is 0 Å². The molecular weight excluding hydrogens is 188 g/mol. The van der Waals surface area contributed by atoms with Crippen LogP contribution in [0.5, 0.6) is 0 Å². The average molecular weight is 197 g/mol. The summed E-state index contributed by atoms with van der Waals surface area (Å²) in [5.41, 5.74) is 7.35. The average Bonchev–Trinajstić information content (AvgIpc) is 2.32. The van der Waals surface area contributed by atoms with Gasteiger partial charge in [-0.15, -0.1) is 0 Å². The normalized spacial score (nSPS) is 20.7. The number of amides is 1. The number of nitrogens with two attached hydrogens (primary N) is 1. The first-order valence-corrected chi connectivity index (χ1v) is 4.31. The Balaban J connectivity index is 2.60. The number of anilines is 1. The van der Waals surface area contributed by atoms with Crippen molar-refractivity contribution in [3.05, 3.63) is 28.8 Å². The van der Waals surface area contributed by atoms with Crippen molar-refractivity contribution in [2.24, 2.45) is 5.73 Å². The SMILES string of the molecule is CN1C(=O)C(N)c2cc(Cl)ccc21. The summed E-state index contributed by atoms with van der Waals surface area (Å²) in [6, 6.07) is 4.74. The van der Waals surface area contributed by atoms with Gasteiger partial charge in [0.2, 0.25) is 5.91 Å². The van der Waals surface area contributed by atoms with Gasteiger partial charge in [0.25, 0.3) is 0 Å². The van der Waals surface area contributed by atoms with Gasteiger partial charge in [0.05, 0.1) is 0 Å². The molecule has 0 radical (unpaired) electrons. The maximum Gasteiger partial charge on any atom is 0.248 e. The second-order valence-corrected chi connectivity index (χ2v) is 3.51. The van der Waals surface area contributed by atoms with E-state index in [1.807, 2.05) is 6.07 Å². The molecule has 0 fully saturated rings. The summed E-state index contributed by atoms with van der Waals surface area (Å²) < 4.78 is 0. The number of hydrogen-bond donors (Lipinski definition) is 1. The van der Waals surface area contributed by atoms with Crippen LogP contribution >= 0.6 is 11.6 Å². The molecule has 0 aromatic heterocycles. The lowest BCUT2D eigenvalue weighted by Gasteiger charge is -2.08. The first-order valence-electron chi connectivity index (χ1n) is 3.94. The van der Waals surface area contributed by atoms with Crippen LogP contribution in [0.3, 0.4) is 0 Å². The standard InChI is InChI=1S/C9H9ClN2O/c1-12-7-3-2-5(10)4-6(7)8(11)9(12)13/h2-4,8H,11H2,1H3. The number of hydrogen-bond acceptors (Lipinski definition) is 2. The van der Waals surface area contributed by atoms with Crippen molar-refractivity contribution in [2.45, 2.75) is 6.04 Å². The number of halogens is 1. The fraction of sp³-hybridized carbons (Fsp3) is 0.222. The van der Waals surface area contributed by atoms with Gasteiger partial charge in [0.15, 0.2) is 0 Å². The number of carbonyl (C=O) groups excluding carboxylic acids is 1. The molecule has 1 heterocycles. The highest BCUT2D eigenvalue weighted by Gasteiger charge is 2.32. The Labute approximate surface area is 81.1 Å². The van der Waals surface area contributed by atoms with Gasteiger partial charge in [0.1, 0.15) is 6.04 Å². The van der Waals surface area contributed by atoms with Gasteiger partial charge in [-0.05, 0) is 18.2 Å². The second kappa shape index (κ2) is 2.72. The zero-order valence-electron chi connectivity index (χ0n) is 7.12. The summed E-state index contributed by atoms with van der Waals surface area (Å²) in [4.78, 5) is 13.0. The van der Waals surface area contributed by atoms with E-state index in [0.717, 1.165) is 11.3 Å². The third-order valence-electron chi connectivity index (χ3n) is 2.28. The number of benzene rings is 1. The van der Waals surface area contributed by atoms with E-state index >= 15 is 0 Å². The Bertz CT molecular complexity index is 378. The van der Waals surface area contributed by atoms with Gasteiger partial charge in [-0.2, -0.15) is 0 Å². The van der Waals surface area contributed by atoms with Crippen molar-refractivity contribution in [1.29, 1.82) is 0 Å². The molecule has 1 amide bonds. The van der Waals surface area contributed by atoms with Crippen LogP contribution in [0.2, 0.25) is 5.02 Å². The lowest BCUT2D eigenvalue weighted by atomic mass is 10.1. The van der Waals surface area contributed by atoms with Gasteiger partial charge < -0.3 is 10.6 Å². The van der Waals surface area contributed by atoms with Crippen LogP contribution in [0.15, 0.2) is 18.2 Å². The fourth-order valence-corrected chi connectivity index (χ4v) is 1.72. The molecule has 1 unspecified atom stereocenters. The highest BCUT2D eigenvalue weighted by Crippen LogP contribution is 2.34. The third-order valence-corrected chi connectivity index (χ3v) is 2.52. The van der Waals surface area contributed by atoms with E-state index in [0.29, 0.717) is 5.02 Å². The highest BCUT2D eigenvalue weighted by atomic mass is 35.5. The van der Waals surface area contributed by atoms with Gasteiger partial charge in [0, 0.05) is 23.3 Å². The van der Waals surface area contributed by atoms with Crippen LogP contribution < -0.4 is 10.6 Å². The summed E-state index contributed by atoms with van der Waals surface area (Å²) in [6.07, 6.45) is 0. The quantitative estimate of drug-likeness (QED) is 0.680. The van der Waals surface area contributed by atoms with Crippen LogP contribution in [-0.2, 0) is 4.79 Å². The van der Waals surface area contributed by atoms with Crippen LogP contribution in [0, 0.1) is 0 Å². The zero-order valence-corrected chi connectivity index (χ0v) is 7.88. The molecule has 1 atom stereocenters. The molecule has 2 rings (SSSR count). The number of rotatable bonds is 0. The molecule has 1 aromatic rings. The molecule has 2 N–H and O–H groups in total. The van der Waals surface area contributed by atoms with Crippen molar-refractivity contribution < 1.29 is 4.79 Å². The zero-order chi connectivity index (χ0) is 9.59. The first-order chi connectivity index (χ1) is 6.11. The number of nitrogens with zero attached hydrogens (tertiary/aromatic N) is 1. The highest BCUT2D eigenvalue weighted by molar-refractivity contribution is 6.31. The molecular formula is C9H9ClN2O. The Kier molecular flexibility index (Phi) is 1.78. The van der Waals surface area contributed by atoms with Gasteiger partial charge in [-0.3, -0.25) is 4.79 Å². The van der Waals surface area contributed by atoms with Crippen molar-refractivity contribution in [1.82, 2.24) is 0 Å². The molecule has 0 aliphatic carbocycles. The lowest BCUT2D eigenvalue weighted by Crippen LogP contribution is -2.27. The minimum Gasteiger partial charge on any atom is -0.316 e. The van der Waals surface area contributed by atoms with Crippen LogP contribution in [-0.4, -0.2) is 13.0 Å². The van der Waals surface area contributed by atoms with Gasteiger partial charge in [-0.25, -0.2) is 0 Å². The summed E-state index contributed by atoms with van der Waals surface area (Å²) in [6.45, 7) is 0. The molecule has 68 valence electrons. The Hall–Kier alpha value is -1.06. The van der Waals surface area contributed by atoms with Gasteiger partial charge in [-0.1, -0.05) is 11.6 Å². The fourth-order valence-electron chi connectivity index (χ4n) is 1.54. The largest absolute Gasteiger partial charge is 0.316 e. The Morgan fingerprint density at radius 3 is 2.92 bits per heavy atom. The van der Waals surface area contributed by atoms with Crippen LogP contribution in [0.25, 0.3) is 0 Å². The number of likely N-dealkylation sites (N-methyl/N-ethyl adjacent to an activating group) is 1. The summed E-state index contributed by atoms with van der Waals surface area (Å²) >= 11 is 5.80.